The van der Waals surface area contributed by atoms with Crippen molar-refractivity contribution in [1.82, 2.24) is 20.2 Å². The van der Waals surface area contributed by atoms with Crippen LogP contribution in [0.3, 0.4) is 0 Å². The summed E-state index contributed by atoms with van der Waals surface area (Å²) in [6.07, 6.45) is 8.78. The number of nitriles is 1. The Balaban J connectivity index is 1.50. The highest BCUT2D eigenvalue weighted by molar-refractivity contribution is 5.79. The van der Waals surface area contributed by atoms with Crippen LogP contribution in [0.5, 0.6) is 0 Å². The minimum atomic E-state index is -0.245. The first-order chi connectivity index (χ1) is 11.6. The molecule has 7 nitrogen and oxygen atoms in total. The Labute approximate surface area is 142 Å². The molecule has 0 spiro atoms. The number of piperidine rings is 1. The summed E-state index contributed by atoms with van der Waals surface area (Å²) in [5.74, 6) is 0.946. The van der Waals surface area contributed by atoms with Crippen molar-refractivity contribution in [2.45, 2.75) is 44.2 Å². The SMILES string of the molecule is CC1(NCC(=O)N2CCC[C@H]2C#N)CCN(c2cnccn2)CC1. The van der Waals surface area contributed by atoms with Crippen molar-refractivity contribution in [3.63, 3.8) is 0 Å². The molecule has 2 fully saturated rings. The van der Waals surface area contributed by atoms with Crippen LogP contribution in [0.15, 0.2) is 18.6 Å². The van der Waals surface area contributed by atoms with Crippen LogP contribution < -0.4 is 10.2 Å². The van der Waals surface area contributed by atoms with E-state index in [4.69, 9.17) is 5.26 Å². The number of rotatable bonds is 4. The molecule has 2 aliphatic rings. The highest BCUT2D eigenvalue weighted by Crippen LogP contribution is 2.24. The number of anilines is 1. The Morgan fingerprint density at radius 3 is 2.88 bits per heavy atom. The van der Waals surface area contributed by atoms with Crippen LogP contribution in [-0.4, -0.2) is 58.5 Å². The van der Waals surface area contributed by atoms with Gasteiger partial charge < -0.3 is 15.1 Å². The second-order valence-corrected chi connectivity index (χ2v) is 6.84. The van der Waals surface area contributed by atoms with Crippen molar-refractivity contribution in [1.29, 1.82) is 5.26 Å². The monoisotopic (exact) mass is 328 g/mol. The molecule has 2 aliphatic heterocycles. The number of likely N-dealkylation sites (tertiary alicyclic amines) is 1. The van der Waals surface area contributed by atoms with E-state index in [1.807, 2.05) is 0 Å². The van der Waals surface area contributed by atoms with Crippen molar-refractivity contribution in [2.24, 2.45) is 0 Å². The average Bonchev–Trinajstić information content (AvgIpc) is 3.10. The van der Waals surface area contributed by atoms with Crippen LogP contribution in [0, 0.1) is 11.3 Å². The van der Waals surface area contributed by atoms with Gasteiger partial charge in [0.15, 0.2) is 0 Å². The van der Waals surface area contributed by atoms with Crippen molar-refractivity contribution in [3.8, 4) is 6.07 Å². The maximum Gasteiger partial charge on any atom is 0.237 e. The Kier molecular flexibility index (Phi) is 4.95. The summed E-state index contributed by atoms with van der Waals surface area (Å²) in [6, 6.07) is 1.98. The molecular weight excluding hydrogens is 304 g/mol. The molecule has 0 radical (unpaired) electrons. The van der Waals surface area contributed by atoms with Crippen LogP contribution >= 0.6 is 0 Å². The lowest BCUT2D eigenvalue weighted by molar-refractivity contribution is -0.130. The van der Waals surface area contributed by atoms with Crippen LogP contribution in [0.25, 0.3) is 0 Å². The number of carbonyl (C=O) groups is 1. The van der Waals surface area contributed by atoms with E-state index in [2.05, 4.69) is 33.2 Å². The molecular formula is C17H24N6O. The standard InChI is InChI=1S/C17H24N6O/c1-17(21-13-16(24)23-8-2-3-14(23)11-18)4-9-22(10-5-17)15-12-19-6-7-20-15/h6-7,12,14,21H,2-5,8-10,13H2,1H3/t14-/m0/s1. The predicted molar refractivity (Wildman–Crippen MR) is 90.2 cm³/mol. The van der Waals surface area contributed by atoms with Crippen molar-refractivity contribution < 1.29 is 4.79 Å². The zero-order valence-electron chi connectivity index (χ0n) is 14.1. The van der Waals surface area contributed by atoms with Crippen LogP contribution in [0.2, 0.25) is 0 Å². The van der Waals surface area contributed by atoms with Crippen LogP contribution in [-0.2, 0) is 4.79 Å². The Bertz CT molecular complexity index is 605. The number of nitrogens with one attached hydrogen (secondary N) is 1. The van der Waals surface area contributed by atoms with E-state index in [-0.39, 0.29) is 17.5 Å². The molecule has 24 heavy (non-hydrogen) atoms. The van der Waals surface area contributed by atoms with E-state index in [1.54, 1.807) is 23.5 Å². The van der Waals surface area contributed by atoms with Gasteiger partial charge in [0.25, 0.3) is 0 Å². The topological polar surface area (TPSA) is 85.2 Å². The van der Waals surface area contributed by atoms with Gasteiger partial charge in [-0.2, -0.15) is 5.26 Å². The predicted octanol–water partition coefficient (Wildman–Crippen LogP) is 0.940. The zero-order valence-corrected chi connectivity index (χ0v) is 14.1. The van der Waals surface area contributed by atoms with Crippen molar-refractivity contribution >= 4 is 11.7 Å². The fourth-order valence-electron chi connectivity index (χ4n) is 3.45. The summed E-state index contributed by atoms with van der Waals surface area (Å²) in [6.45, 7) is 4.96. The molecule has 0 saturated carbocycles. The molecule has 0 unspecified atom stereocenters. The number of hydrogen-bond donors (Lipinski definition) is 1. The summed E-state index contributed by atoms with van der Waals surface area (Å²) in [7, 11) is 0. The average molecular weight is 328 g/mol. The van der Waals surface area contributed by atoms with Gasteiger partial charge in [0.05, 0.1) is 18.8 Å². The molecule has 1 N–H and O–H groups in total. The largest absolute Gasteiger partial charge is 0.355 e. The van der Waals surface area contributed by atoms with Gasteiger partial charge in [-0.25, -0.2) is 4.98 Å². The third kappa shape index (κ3) is 3.65. The second kappa shape index (κ2) is 7.14. The van der Waals surface area contributed by atoms with Gasteiger partial charge in [-0.1, -0.05) is 0 Å². The van der Waals surface area contributed by atoms with Crippen molar-refractivity contribution in [2.75, 3.05) is 31.1 Å². The van der Waals surface area contributed by atoms with Gasteiger partial charge in [-0.05, 0) is 32.6 Å². The second-order valence-electron chi connectivity index (χ2n) is 6.84. The van der Waals surface area contributed by atoms with E-state index in [1.165, 1.54) is 0 Å². The van der Waals surface area contributed by atoms with Gasteiger partial charge in [-0.3, -0.25) is 9.78 Å². The molecule has 1 aromatic heterocycles. The van der Waals surface area contributed by atoms with E-state index < -0.39 is 0 Å². The highest BCUT2D eigenvalue weighted by Gasteiger charge is 2.33. The first-order valence-corrected chi connectivity index (χ1v) is 8.56. The van der Waals surface area contributed by atoms with Gasteiger partial charge >= 0.3 is 0 Å². The highest BCUT2D eigenvalue weighted by atomic mass is 16.2. The minimum absolute atomic E-state index is 0.0385. The lowest BCUT2D eigenvalue weighted by Crippen LogP contribution is -2.54. The molecule has 1 atom stereocenters. The van der Waals surface area contributed by atoms with Crippen LogP contribution in [0.1, 0.15) is 32.6 Å². The summed E-state index contributed by atoms with van der Waals surface area (Å²) in [5, 5.41) is 12.5. The molecule has 1 amide bonds. The zero-order chi connectivity index (χ0) is 17.0. The van der Waals surface area contributed by atoms with Gasteiger partial charge in [-0.15, -0.1) is 0 Å². The summed E-state index contributed by atoms with van der Waals surface area (Å²) in [4.78, 5) is 24.8. The summed E-state index contributed by atoms with van der Waals surface area (Å²) in [5.41, 5.74) is -0.0593. The Hall–Kier alpha value is -2.20. The summed E-state index contributed by atoms with van der Waals surface area (Å²) >= 11 is 0. The lowest BCUT2D eigenvalue weighted by Gasteiger charge is -2.40. The molecule has 7 heteroatoms. The maximum absolute atomic E-state index is 12.4. The first kappa shape index (κ1) is 16.7. The number of hydrogen-bond acceptors (Lipinski definition) is 6. The third-order valence-electron chi connectivity index (χ3n) is 5.13. The molecule has 3 rings (SSSR count). The number of aromatic nitrogens is 2. The smallest absolute Gasteiger partial charge is 0.237 e. The normalized spacial score (nSPS) is 23.1. The molecule has 0 aliphatic carbocycles. The fourth-order valence-corrected chi connectivity index (χ4v) is 3.45. The molecule has 1 aromatic rings. The Morgan fingerprint density at radius 1 is 1.42 bits per heavy atom. The van der Waals surface area contributed by atoms with E-state index in [9.17, 15) is 4.79 Å². The molecule has 2 saturated heterocycles. The van der Waals surface area contributed by atoms with E-state index in [0.29, 0.717) is 13.1 Å². The molecule has 0 aromatic carbocycles. The molecule has 0 bridgehead atoms. The quantitative estimate of drug-likeness (QED) is 0.885. The minimum Gasteiger partial charge on any atom is -0.355 e. The maximum atomic E-state index is 12.4. The summed E-state index contributed by atoms with van der Waals surface area (Å²) < 4.78 is 0. The number of amides is 1. The number of carbonyl (C=O) groups excluding carboxylic acids is 1. The fraction of sp³-hybridized carbons (Fsp3) is 0.647. The first-order valence-electron chi connectivity index (χ1n) is 8.56. The van der Waals surface area contributed by atoms with Crippen molar-refractivity contribution in [3.05, 3.63) is 18.6 Å². The third-order valence-corrected chi connectivity index (χ3v) is 5.13. The van der Waals surface area contributed by atoms with Gasteiger partial charge in [0.2, 0.25) is 5.91 Å². The van der Waals surface area contributed by atoms with Gasteiger partial charge in [0, 0.05) is 37.6 Å². The molecule has 128 valence electrons. The van der Waals surface area contributed by atoms with E-state index in [0.717, 1.165) is 44.6 Å². The van der Waals surface area contributed by atoms with Gasteiger partial charge in [0.1, 0.15) is 11.9 Å². The molecule has 3 heterocycles. The number of nitrogens with zero attached hydrogens (tertiary/aromatic N) is 5. The van der Waals surface area contributed by atoms with E-state index >= 15 is 0 Å². The van der Waals surface area contributed by atoms with Crippen LogP contribution in [0.4, 0.5) is 5.82 Å². The lowest BCUT2D eigenvalue weighted by atomic mass is 9.89. The Morgan fingerprint density at radius 2 is 2.21 bits per heavy atom.